The molecule has 0 radical (unpaired) electrons. The average molecular weight is 304 g/mol. The fourth-order valence-electron chi connectivity index (χ4n) is 3.05. The molecule has 0 bridgehead atoms. The van der Waals surface area contributed by atoms with Gasteiger partial charge in [0.15, 0.2) is 4.75 Å². The number of thioether (sulfide) groups is 1. The first-order valence-electron chi connectivity index (χ1n) is 7.39. The van der Waals surface area contributed by atoms with E-state index >= 15 is 0 Å². The third kappa shape index (κ3) is 2.33. The smallest absolute Gasteiger partial charge is 0.252 e. The van der Waals surface area contributed by atoms with Crippen molar-refractivity contribution in [2.75, 3.05) is 25.0 Å². The Bertz CT molecular complexity index is 583. The Labute approximate surface area is 129 Å². The molecule has 0 unspecified atom stereocenters. The molecule has 0 spiro atoms. The zero-order valence-electron chi connectivity index (χ0n) is 12.5. The molecule has 112 valence electrons. The van der Waals surface area contributed by atoms with Crippen molar-refractivity contribution in [1.29, 1.82) is 0 Å². The number of hydrogen-bond acceptors (Lipinski definition) is 3. The van der Waals surface area contributed by atoms with E-state index in [1.165, 1.54) is 18.2 Å². The van der Waals surface area contributed by atoms with Crippen LogP contribution in [0.15, 0.2) is 29.2 Å². The van der Waals surface area contributed by atoms with Crippen molar-refractivity contribution in [3.05, 3.63) is 24.3 Å². The van der Waals surface area contributed by atoms with Gasteiger partial charge in [0, 0.05) is 25.0 Å². The lowest BCUT2D eigenvalue weighted by atomic mass is 10.0. The Balaban J connectivity index is 1.94. The summed E-state index contributed by atoms with van der Waals surface area (Å²) in [5, 5.41) is 0. The standard InChI is InChI=1S/C16H20N2O2S/c1-16(15(20)18-10-6-3-7-11-18)14(19)17(2)12-8-4-5-9-13(12)21-16/h4-5,8-9H,3,6-7,10-11H2,1-2H3/t16-/m1/s1. The van der Waals surface area contributed by atoms with Gasteiger partial charge in [-0.05, 0) is 38.3 Å². The van der Waals surface area contributed by atoms with Gasteiger partial charge in [-0.1, -0.05) is 23.9 Å². The number of nitrogens with zero attached hydrogens (tertiary/aromatic N) is 2. The Morgan fingerprint density at radius 1 is 1.19 bits per heavy atom. The summed E-state index contributed by atoms with van der Waals surface area (Å²) < 4.78 is -1.04. The Kier molecular flexibility index (Phi) is 3.69. The van der Waals surface area contributed by atoms with Crippen molar-refractivity contribution >= 4 is 29.3 Å². The Hall–Kier alpha value is -1.49. The third-order valence-electron chi connectivity index (χ3n) is 4.30. The summed E-state index contributed by atoms with van der Waals surface area (Å²) in [6.07, 6.45) is 3.24. The SMILES string of the molecule is CN1C(=O)[C@](C)(C(=O)N2CCCCC2)Sc2ccccc21. The molecule has 2 aliphatic rings. The zero-order valence-corrected chi connectivity index (χ0v) is 13.3. The number of piperidine rings is 1. The molecule has 21 heavy (non-hydrogen) atoms. The summed E-state index contributed by atoms with van der Waals surface area (Å²) in [6, 6.07) is 7.76. The van der Waals surface area contributed by atoms with Gasteiger partial charge in [-0.3, -0.25) is 9.59 Å². The van der Waals surface area contributed by atoms with Crippen molar-refractivity contribution < 1.29 is 9.59 Å². The lowest BCUT2D eigenvalue weighted by molar-refractivity contribution is -0.139. The van der Waals surface area contributed by atoms with Crippen LogP contribution in [0.4, 0.5) is 5.69 Å². The number of carbonyl (C=O) groups excluding carboxylic acids is 2. The van der Waals surface area contributed by atoms with Gasteiger partial charge in [-0.25, -0.2) is 0 Å². The number of likely N-dealkylation sites (tertiary alicyclic amines) is 1. The minimum absolute atomic E-state index is 0.0430. The van der Waals surface area contributed by atoms with Crippen molar-refractivity contribution in [3.63, 3.8) is 0 Å². The number of anilines is 1. The molecular weight excluding hydrogens is 284 g/mol. The van der Waals surface area contributed by atoms with Crippen LogP contribution >= 0.6 is 11.8 Å². The molecule has 1 fully saturated rings. The van der Waals surface area contributed by atoms with E-state index in [2.05, 4.69) is 0 Å². The molecule has 0 aliphatic carbocycles. The van der Waals surface area contributed by atoms with E-state index in [1.54, 1.807) is 18.9 Å². The molecule has 3 rings (SSSR count). The maximum absolute atomic E-state index is 12.9. The van der Waals surface area contributed by atoms with Gasteiger partial charge in [-0.2, -0.15) is 0 Å². The van der Waals surface area contributed by atoms with Gasteiger partial charge in [0.05, 0.1) is 5.69 Å². The Morgan fingerprint density at radius 3 is 2.57 bits per heavy atom. The van der Waals surface area contributed by atoms with Gasteiger partial charge in [0.1, 0.15) is 0 Å². The molecule has 1 aromatic carbocycles. The third-order valence-corrected chi connectivity index (χ3v) is 5.63. The number of para-hydroxylation sites is 1. The summed E-state index contributed by atoms with van der Waals surface area (Å²) in [6.45, 7) is 3.31. The quantitative estimate of drug-likeness (QED) is 0.749. The summed E-state index contributed by atoms with van der Waals surface area (Å²) in [5.74, 6) is -0.166. The highest BCUT2D eigenvalue weighted by Crippen LogP contribution is 2.45. The fraction of sp³-hybridized carbons (Fsp3) is 0.500. The molecule has 4 nitrogen and oxygen atoms in total. The average Bonchev–Trinajstić information content (AvgIpc) is 2.53. The molecule has 2 aliphatic heterocycles. The second-order valence-corrected chi connectivity index (χ2v) is 7.28. The minimum atomic E-state index is -1.04. The van der Waals surface area contributed by atoms with E-state index in [-0.39, 0.29) is 11.8 Å². The number of benzene rings is 1. The lowest BCUT2D eigenvalue weighted by Gasteiger charge is -2.40. The van der Waals surface area contributed by atoms with E-state index < -0.39 is 4.75 Å². The maximum Gasteiger partial charge on any atom is 0.252 e. The van der Waals surface area contributed by atoms with Crippen LogP contribution in [0.3, 0.4) is 0 Å². The van der Waals surface area contributed by atoms with Gasteiger partial charge in [0.2, 0.25) is 5.91 Å². The number of fused-ring (bicyclic) bond motifs is 1. The zero-order chi connectivity index (χ0) is 15.0. The second-order valence-electron chi connectivity index (χ2n) is 5.82. The first-order valence-corrected chi connectivity index (χ1v) is 8.21. The van der Waals surface area contributed by atoms with Crippen LogP contribution in [-0.2, 0) is 9.59 Å². The molecule has 5 heteroatoms. The predicted octanol–water partition coefficient (Wildman–Crippen LogP) is 2.53. The fourth-order valence-corrected chi connectivity index (χ4v) is 4.38. The van der Waals surface area contributed by atoms with Gasteiger partial charge >= 0.3 is 0 Å². The van der Waals surface area contributed by atoms with Crippen LogP contribution in [0.5, 0.6) is 0 Å². The monoisotopic (exact) mass is 304 g/mol. The molecule has 0 aromatic heterocycles. The molecule has 1 aromatic rings. The van der Waals surface area contributed by atoms with Crippen LogP contribution in [-0.4, -0.2) is 41.6 Å². The minimum Gasteiger partial charge on any atom is -0.341 e. The van der Waals surface area contributed by atoms with Crippen LogP contribution in [0, 0.1) is 0 Å². The van der Waals surface area contributed by atoms with E-state index in [0.717, 1.165) is 36.5 Å². The summed E-state index contributed by atoms with van der Waals surface area (Å²) in [4.78, 5) is 30.1. The Morgan fingerprint density at radius 2 is 1.86 bits per heavy atom. The van der Waals surface area contributed by atoms with Crippen LogP contribution in [0.2, 0.25) is 0 Å². The first-order chi connectivity index (χ1) is 10.0. The van der Waals surface area contributed by atoms with Crippen molar-refractivity contribution in [3.8, 4) is 0 Å². The van der Waals surface area contributed by atoms with Crippen molar-refractivity contribution in [1.82, 2.24) is 4.90 Å². The normalized spacial score (nSPS) is 25.7. The van der Waals surface area contributed by atoms with E-state index in [1.807, 2.05) is 29.2 Å². The molecule has 1 atom stereocenters. The van der Waals surface area contributed by atoms with Crippen molar-refractivity contribution in [2.24, 2.45) is 0 Å². The van der Waals surface area contributed by atoms with E-state index in [9.17, 15) is 9.59 Å². The van der Waals surface area contributed by atoms with E-state index in [0.29, 0.717) is 0 Å². The van der Waals surface area contributed by atoms with Crippen LogP contribution < -0.4 is 4.90 Å². The van der Waals surface area contributed by atoms with Gasteiger partial charge in [0.25, 0.3) is 5.91 Å². The highest BCUT2D eigenvalue weighted by Gasteiger charge is 2.49. The van der Waals surface area contributed by atoms with Crippen molar-refractivity contribution in [2.45, 2.75) is 35.8 Å². The number of amides is 2. The molecule has 1 saturated heterocycles. The number of hydrogen-bond donors (Lipinski definition) is 0. The molecule has 2 amide bonds. The highest BCUT2D eigenvalue weighted by atomic mass is 32.2. The number of carbonyl (C=O) groups is 2. The van der Waals surface area contributed by atoms with Gasteiger partial charge < -0.3 is 9.80 Å². The highest BCUT2D eigenvalue weighted by molar-refractivity contribution is 8.02. The summed E-state index contributed by atoms with van der Waals surface area (Å²) in [7, 11) is 1.75. The van der Waals surface area contributed by atoms with Crippen LogP contribution in [0.1, 0.15) is 26.2 Å². The lowest BCUT2D eigenvalue weighted by Crippen LogP contribution is -2.57. The molecule has 0 N–H and O–H groups in total. The summed E-state index contributed by atoms with van der Waals surface area (Å²) >= 11 is 1.39. The molecular formula is C16H20N2O2S. The van der Waals surface area contributed by atoms with Gasteiger partial charge in [-0.15, -0.1) is 0 Å². The number of rotatable bonds is 1. The largest absolute Gasteiger partial charge is 0.341 e. The molecule has 0 saturated carbocycles. The first kappa shape index (κ1) is 14.4. The maximum atomic E-state index is 12.9. The molecule has 2 heterocycles. The van der Waals surface area contributed by atoms with Crippen LogP contribution in [0.25, 0.3) is 0 Å². The summed E-state index contributed by atoms with van der Waals surface area (Å²) in [5.41, 5.74) is 0.886. The second kappa shape index (κ2) is 5.37. The van der Waals surface area contributed by atoms with E-state index in [4.69, 9.17) is 0 Å². The predicted molar refractivity (Wildman–Crippen MR) is 84.5 cm³/mol. The topological polar surface area (TPSA) is 40.6 Å².